The topological polar surface area (TPSA) is 49.8 Å². The summed E-state index contributed by atoms with van der Waals surface area (Å²) in [5.74, 6) is 0. The fraction of sp³-hybridized carbons (Fsp3) is 0.400. The molecule has 0 heterocycles. The van der Waals surface area contributed by atoms with Gasteiger partial charge in [0.2, 0.25) is 0 Å². The van der Waals surface area contributed by atoms with Crippen LogP contribution in [0.5, 0.6) is 0 Å². The van der Waals surface area contributed by atoms with Gasteiger partial charge in [-0.25, -0.2) is 4.79 Å². The van der Waals surface area contributed by atoms with Crippen molar-refractivity contribution < 1.29 is 14.6 Å². The molecule has 0 saturated carbocycles. The van der Waals surface area contributed by atoms with E-state index < -0.39 is 11.7 Å². The summed E-state index contributed by atoms with van der Waals surface area (Å²) in [7, 11) is 0. The molecule has 1 aromatic carbocycles. The Morgan fingerprint density at radius 2 is 2.15 bits per heavy atom. The highest BCUT2D eigenvalue weighted by Crippen LogP contribution is 2.27. The molecular formula is C15H20INO3. The maximum absolute atomic E-state index is 12.3. The average molecular weight is 389 g/mol. The summed E-state index contributed by atoms with van der Waals surface area (Å²) in [4.78, 5) is 13.8. The van der Waals surface area contributed by atoms with Crippen molar-refractivity contribution in [2.75, 3.05) is 11.4 Å². The number of ether oxygens (including phenoxy) is 1. The first-order chi connectivity index (χ1) is 9.30. The average Bonchev–Trinajstić information content (AvgIpc) is 2.34. The second-order valence-electron chi connectivity index (χ2n) is 5.29. The van der Waals surface area contributed by atoms with Crippen molar-refractivity contribution in [2.24, 2.45) is 0 Å². The van der Waals surface area contributed by atoms with Crippen LogP contribution in [0.3, 0.4) is 0 Å². The Kier molecular flexibility index (Phi) is 6.01. The molecular weight excluding hydrogens is 369 g/mol. The highest BCUT2D eigenvalue weighted by Gasteiger charge is 2.24. The number of aliphatic hydroxyl groups excluding tert-OH is 1. The van der Waals surface area contributed by atoms with Crippen LogP contribution >= 0.6 is 22.6 Å². The van der Waals surface area contributed by atoms with E-state index in [1.54, 1.807) is 6.08 Å². The first-order valence-electron chi connectivity index (χ1n) is 6.30. The minimum Gasteiger partial charge on any atom is -0.443 e. The number of benzene rings is 1. The van der Waals surface area contributed by atoms with E-state index in [0.29, 0.717) is 12.2 Å². The van der Waals surface area contributed by atoms with Crippen LogP contribution in [0.4, 0.5) is 10.5 Å². The van der Waals surface area contributed by atoms with E-state index in [-0.39, 0.29) is 6.61 Å². The Morgan fingerprint density at radius 1 is 1.50 bits per heavy atom. The van der Waals surface area contributed by atoms with Gasteiger partial charge in [-0.2, -0.15) is 0 Å². The van der Waals surface area contributed by atoms with Gasteiger partial charge in [0.05, 0.1) is 12.3 Å². The first-order valence-corrected chi connectivity index (χ1v) is 7.37. The lowest BCUT2D eigenvalue weighted by Gasteiger charge is -2.27. The fourth-order valence-electron chi connectivity index (χ4n) is 1.61. The normalized spacial score (nSPS) is 11.1. The van der Waals surface area contributed by atoms with Crippen molar-refractivity contribution in [1.29, 1.82) is 0 Å². The van der Waals surface area contributed by atoms with Crippen LogP contribution in [0.15, 0.2) is 30.9 Å². The van der Waals surface area contributed by atoms with Crippen LogP contribution in [-0.4, -0.2) is 23.3 Å². The van der Waals surface area contributed by atoms with Crippen molar-refractivity contribution in [2.45, 2.75) is 33.0 Å². The van der Waals surface area contributed by atoms with Crippen molar-refractivity contribution in [3.05, 3.63) is 40.0 Å². The summed E-state index contributed by atoms with van der Waals surface area (Å²) < 4.78 is 6.24. The van der Waals surface area contributed by atoms with Crippen molar-refractivity contribution in [3.63, 3.8) is 0 Å². The standard InChI is InChI=1S/C15H20INO3/c1-5-9-17(14(19)20-15(2,3)4)12-8-6-7-11(10-18)13(12)16/h5-8,18H,1,9-10H2,2-4H3. The molecule has 20 heavy (non-hydrogen) atoms. The Bertz CT molecular complexity index is 494. The van der Waals surface area contributed by atoms with Gasteiger partial charge in [-0.05, 0) is 55.0 Å². The van der Waals surface area contributed by atoms with Crippen molar-refractivity contribution in [1.82, 2.24) is 0 Å². The van der Waals surface area contributed by atoms with Gasteiger partial charge in [0, 0.05) is 10.1 Å². The number of hydrogen-bond acceptors (Lipinski definition) is 3. The van der Waals surface area contributed by atoms with Gasteiger partial charge in [0.25, 0.3) is 0 Å². The van der Waals surface area contributed by atoms with E-state index in [4.69, 9.17) is 4.74 Å². The third-order valence-electron chi connectivity index (χ3n) is 2.45. The Hall–Kier alpha value is -1.08. The number of anilines is 1. The summed E-state index contributed by atoms with van der Waals surface area (Å²) in [6.07, 6.45) is 1.22. The molecule has 0 radical (unpaired) electrons. The summed E-state index contributed by atoms with van der Waals surface area (Å²) in [5.41, 5.74) is 0.934. The number of carbonyl (C=O) groups is 1. The number of aliphatic hydroxyl groups is 1. The number of halogens is 1. The molecule has 0 aliphatic rings. The van der Waals surface area contributed by atoms with Gasteiger partial charge in [-0.3, -0.25) is 4.90 Å². The maximum Gasteiger partial charge on any atom is 0.415 e. The van der Waals surface area contributed by atoms with Crippen LogP contribution in [0.25, 0.3) is 0 Å². The quantitative estimate of drug-likeness (QED) is 0.631. The Morgan fingerprint density at radius 3 is 2.65 bits per heavy atom. The fourth-order valence-corrected chi connectivity index (χ4v) is 2.44. The number of rotatable bonds is 4. The van der Waals surface area contributed by atoms with Crippen LogP contribution < -0.4 is 4.90 Å². The minimum absolute atomic E-state index is 0.0671. The summed E-state index contributed by atoms with van der Waals surface area (Å²) in [6.45, 7) is 9.43. The third kappa shape index (κ3) is 4.49. The molecule has 1 N–H and O–H groups in total. The monoisotopic (exact) mass is 389 g/mol. The SMILES string of the molecule is C=CCN(C(=O)OC(C)(C)C)c1cccc(CO)c1I. The molecule has 1 rings (SSSR count). The zero-order valence-electron chi connectivity index (χ0n) is 12.0. The first kappa shape index (κ1) is 17.0. The van der Waals surface area contributed by atoms with Crippen LogP contribution in [0.1, 0.15) is 26.3 Å². The molecule has 110 valence electrons. The summed E-state index contributed by atoms with van der Waals surface area (Å²) >= 11 is 2.12. The molecule has 0 bridgehead atoms. The largest absolute Gasteiger partial charge is 0.443 e. The van der Waals surface area contributed by atoms with Gasteiger partial charge in [-0.15, -0.1) is 6.58 Å². The van der Waals surface area contributed by atoms with Gasteiger partial charge >= 0.3 is 6.09 Å². The van der Waals surface area contributed by atoms with E-state index in [9.17, 15) is 9.90 Å². The molecule has 0 unspecified atom stereocenters. The number of carbonyl (C=O) groups excluding carboxylic acids is 1. The summed E-state index contributed by atoms with van der Waals surface area (Å²) in [5, 5.41) is 9.32. The molecule has 0 aliphatic carbocycles. The highest BCUT2D eigenvalue weighted by atomic mass is 127. The van der Waals surface area contributed by atoms with E-state index in [1.807, 2.05) is 39.0 Å². The number of hydrogen-bond donors (Lipinski definition) is 1. The molecule has 1 aromatic rings. The minimum atomic E-state index is -0.559. The zero-order chi connectivity index (χ0) is 15.3. The van der Waals surface area contributed by atoms with Crippen LogP contribution in [-0.2, 0) is 11.3 Å². The molecule has 0 atom stereocenters. The van der Waals surface area contributed by atoms with Gasteiger partial charge in [-0.1, -0.05) is 18.2 Å². The van der Waals surface area contributed by atoms with Crippen molar-refractivity contribution >= 4 is 34.4 Å². The lowest BCUT2D eigenvalue weighted by molar-refractivity contribution is 0.0584. The van der Waals surface area contributed by atoms with Gasteiger partial charge < -0.3 is 9.84 Å². The maximum atomic E-state index is 12.3. The van der Waals surface area contributed by atoms with E-state index in [2.05, 4.69) is 29.2 Å². The second-order valence-corrected chi connectivity index (χ2v) is 6.37. The zero-order valence-corrected chi connectivity index (χ0v) is 14.2. The molecule has 0 aromatic heterocycles. The second kappa shape index (κ2) is 7.08. The molecule has 0 aliphatic heterocycles. The molecule has 1 amide bonds. The smallest absolute Gasteiger partial charge is 0.415 e. The van der Waals surface area contributed by atoms with Crippen LogP contribution in [0.2, 0.25) is 0 Å². The van der Waals surface area contributed by atoms with Gasteiger partial charge in [0.1, 0.15) is 5.60 Å². The van der Waals surface area contributed by atoms with E-state index in [1.165, 1.54) is 4.90 Å². The van der Waals surface area contributed by atoms with E-state index in [0.717, 1.165) is 9.13 Å². The predicted octanol–water partition coefficient (Wildman–Crippen LogP) is 3.71. The van der Waals surface area contributed by atoms with Crippen LogP contribution in [0, 0.1) is 3.57 Å². The molecule has 0 saturated heterocycles. The highest BCUT2D eigenvalue weighted by molar-refractivity contribution is 14.1. The lowest BCUT2D eigenvalue weighted by atomic mass is 10.2. The number of nitrogens with zero attached hydrogens (tertiary/aromatic N) is 1. The molecule has 4 nitrogen and oxygen atoms in total. The molecule has 0 fully saturated rings. The molecule has 0 spiro atoms. The third-order valence-corrected chi connectivity index (χ3v) is 3.69. The molecule has 5 heteroatoms. The lowest BCUT2D eigenvalue weighted by Crippen LogP contribution is -2.37. The number of amides is 1. The van der Waals surface area contributed by atoms with Gasteiger partial charge in [0.15, 0.2) is 0 Å². The Balaban J connectivity index is 3.14. The predicted molar refractivity (Wildman–Crippen MR) is 88.9 cm³/mol. The Labute approximate surface area is 133 Å². The summed E-state index contributed by atoms with van der Waals surface area (Å²) in [6, 6.07) is 5.46. The van der Waals surface area contributed by atoms with E-state index >= 15 is 0 Å². The van der Waals surface area contributed by atoms with Crippen molar-refractivity contribution in [3.8, 4) is 0 Å².